The number of benzene rings is 1. The smallest absolute Gasteiger partial charge is 0.312 e. The minimum Gasteiger partial charge on any atom is -0.487 e. The Kier molecular flexibility index (Phi) is 3.37. The maximum Gasteiger partial charge on any atom is 0.312 e. The molecule has 0 amide bonds. The van der Waals surface area contributed by atoms with E-state index in [1.807, 2.05) is 0 Å². The first kappa shape index (κ1) is 12.3. The van der Waals surface area contributed by atoms with Crippen molar-refractivity contribution < 1.29 is 19.0 Å². The fraction of sp³-hybridized carbons (Fsp3) is 0.364. The molecule has 3 N–H and O–H groups in total. The zero-order chi connectivity index (χ0) is 12.3. The number of carboxylic acids is 1. The highest BCUT2D eigenvalue weighted by atomic mass is 19.1. The Hall–Kier alpha value is -1.78. The van der Waals surface area contributed by atoms with E-state index >= 15 is 0 Å². The molecule has 0 aliphatic heterocycles. The number of halogens is 1. The standard InChI is InChI=1S/C11H14FNO3/c1-11(2,10(14)15)6-16-9-7(12)4-3-5-8(9)13/h3-5H,6,13H2,1-2H3,(H,14,15). The number of nitrogen functional groups attached to an aromatic ring is 1. The number of ether oxygens (including phenoxy) is 1. The van der Waals surface area contributed by atoms with Crippen LogP contribution < -0.4 is 10.5 Å². The predicted molar refractivity (Wildman–Crippen MR) is 57.7 cm³/mol. The molecule has 16 heavy (non-hydrogen) atoms. The number of hydrogen-bond donors (Lipinski definition) is 2. The van der Waals surface area contributed by atoms with E-state index in [9.17, 15) is 9.18 Å². The summed E-state index contributed by atoms with van der Waals surface area (Å²) in [6.07, 6.45) is 0. The predicted octanol–water partition coefficient (Wildman–Crippen LogP) is 1.90. The van der Waals surface area contributed by atoms with Crippen molar-refractivity contribution in [1.29, 1.82) is 0 Å². The molecule has 1 aromatic carbocycles. The van der Waals surface area contributed by atoms with E-state index in [0.29, 0.717) is 0 Å². The van der Waals surface area contributed by atoms with Gasteiger partial charge in [-0.25, -0.2) is 4.39 Å². The van der Waals surface area contributed by atoms with Gasteiger partial charge in [0.25, 0.3) is 0 Å². The Morgan fingerprint density at radius 2 is 2.19 bits per heavy atom. The summed E-state index contributed by atoms with van der Waals surface area (Å²) in [5, 5.41) is 8.85. The van der Waals surface area contributed by atoms with Crippen LogP contribution in [0, 0.1) is 11.2 Å². The summed E-state index contributed by atoms with van der Waals surface area (Å²) in [6, 6.07) is 4.16. The van der Waals surface area contributed by atoms with E-state index in [4.69, 9.17) is 15.6 Å². The third-order valence-electron chi connectivity index (χ3n) is 2.15. The molecular formula is C11H14FNO3. The highest BCUT2D eigenvalue weighted by Crippen LogP contribution is 2.27. The van der Waals surface area contributed by atoms with Crippen LogP contribution in [0.4, 0.5) is 10.1 Å². The fourth-order valence-electron chi connectivity index (χ4n) is 0.992. The van der Waals surface area contributed by atoms with Gasteiger partial charge in [-0.15, -0.1) is 0 Å². The zero-order valence-corrected chi connectivity index (χ0v) is 9.16. The second-order valence-corrected chi connectivity index (χ2v) is 4.14. The summed E-state index contributed by atoms with van der Waals surface area (Å²) in [7, 11) is 0. The Labute approximate surface area is 92.8 Å². The topological polar surface area (TPSA) is 72.5 Å². The van der Waals surface area contributed by atoms with Crippen LogP contribution in [0.3, 0.4) is 0 Å². The maximum absolute atomic E-state index is 13.3. The van der Waals surface area contributed by atoms with Crippen molar-refractivity contribution in [2.75, 3.05) is 12.3 Å². The number of carboxylic acid groups (broad SMARTS) is 1. The first-order valence-corrected chi connectivity index (χ1v) is 4.75. The fourth-order valence-corrected chi connectivity index (χ4v) is 0.992. The van der Waals surface area contributed by atoms with Crippen molar-refractivity contribution in [3.05, 3.63) is 24.0 Å². The van der Waals surface area contributed by atoms with Gasteiger partial charge >= 0.3 is 5.97 Å². The molecular weight excluding hydrogens is 213 g/mol. The minimum atomic E-state index is -1.09. The van der Waals surface area contributed by atoms with E-state index in [2.05, 4.69) is 0 Å². The number of rotatable bonds is 4. The number of para-hydroxylation sites is 1. The molecule has 0 radical (unpaired) electrons. The van der Waals surface area contributed by atoms with Crippen LogP contribution in [0.2, 0.25) is 0 Å². The van der Waals surface area contributed by atoms with Crippen LogP contribution in [0.25, 0.3) is 0 Å². The maximum atomic E-state index is 13.3. The van der Waals surface area contributed by atoms with Crippen molar-refractivity contribution in [2.45, 2.75) is 13.8 Å². The summed E-state index contributed by atoms with van der Waals surface area (Å²) >= 11 is 0. The quantitative estimate of drug-likeness (QED) is 0.770. The molecule has 0 bridgehead atoms. The molecule has 1 rings (SSSR count). The lowest BCUT2D eigenvalue weighted by atomic mass is 9.95. The molecule has 4 nitrogen and oxygen atoms in total. The first-order chi connectivity index (χ1) is 7.34. The number of anilines is 1. The molecule has 0 saturated heterocycles. The van der Waals surface area contributed by atoms with Gasteiger partial charge in [0.1, 0.15) is 6.61 Å². The van der Waals surface area contributed by atoms with Crippen LogP contribution in [0.1, 0.15) is 13.8 Å². The zero-order valence-electron chi connectivity index (χ0n) is 9.16. The largest absolute Gasteiger partial charge is 0.487 e. The summed E-state index contributed by atoms with van der Waals surface area (Å²) in [6.45, 7) is 2.84. The molecule has 0 heterocycles. The van der Waals surface area contributed by atoms with Gasteiger partial charge < -0.3 is 15.6 Å². The number of hydrogen-bond acceptors (Lipinski definition) is 3. The van der Waals surface area contributed by atoms with Gasteiger partial charge in [-0.1, -0.05) is 6.07 Å². The average Bonchev–Trinajstić information content (AvgIpc) is 2.16. The summed E-state index contributed by atoms with van der Waals surface area (Å²) in [5.74, 6) is -1.71. The van der Waals surface area contributed by atoms with Crippen LogP contribution >= 0.6 is 0 Å². The van der Waals surface area contributed by atoms with Crippen molar-refractivity contribution in [3.63, 3.8) is 0 Å². The molecule has 0 aromatic heterocycles. The van der Waals surface area contributed by atoms with E-state index in [1.54, 1.807) is 0 Å². The monoisotopic (exact) mass is 227 g/mol. The molecule has 0 atom stereocenters. The van der Waals surface area contributed by atoms with Gasteiger partial charge in [0, 0.05) is 0 Å². The average molecular weight is 227 g/mol. The highest BCUT2D eigenvalue weighted by molar-refractivity contribution is 5.73. The molecule has 0 aliphatic carbocycles. The Morgan fingerprint density at radius 3 is 2.69 bits per heavy atom. The molecule has 0 fully saturated rings. The van der Waals surface area contributed by atoms with E-state index < -0.39 is 17.2 Å². The number of carbonyl (C=O) groups is 1. The van der Waals surface area contributed by atoms with Crippen molar-refractivity contribution in [1.82, 2.24) is 0 Å². The summed E-state index contributed by atoms with van der Waals surface area (Å²) in [4.78, 5) is 10.8. The van der Waals surface area contributed by atoms with Gasteiger partial charge in [-0.2, -0.15) is 0 Å². The molecule has 0 unspecified atom stereocenters. The second-order valence-electron chi connectivity index (χ2n) is 4.14. The summed E-state index contributed by atoms with van der Waals surface area (Å²) in [5.41, 5.74) is 4.58. The van der Waals surface area contributed by atoms with Gasteiger partial charge in [0.05, 0.1) is 11.1 Å². The van der Waals surface area contributed by atoms with Crippen molar-refractivity contribution in [3.8, 4) is 5.75 Å². The van der Waals surface area contributed by atoms with Crippen LogP contribution in [0.15, 0.2) is 18.2 Å². The van der Waals surface area contributed by atoms with E-state index in [1.165, 1.54) is 32.0 Å². The van der Waals surface area contributed by atoms with Crippen LogP contribution in [-0.4, -0.2) is 17.7 Å². The Bertz CT molecular complexity index is 384. The van der Waals surface area contributed by atoms with Crippen molar-refractivity contribution in [2.24, 2.45) is 5.41 Å². The lowest BCUT2D eigenvalue weighted by Crippen LogP contribution is -2.31. The van der Waals surface area contributed by atoms with Crippen LogP contribution in [0.5, 0.6) is 5.75 Å². The van der Waals surface area contributed by atoms with Gasteiger partial charge in [0.2, 0.25) is 0 Å². The Balaban J connectivity index is 2.79. The van der Waals surface area contributed by atoms with Gasteiger partial charge in [0.15, 0.2) is 11.6 Å². The SMILES string of the molecule is CC(C)(COc1c(N)cccc1F)C(=O)O. The minimum absolute atomic E-state index is 0.100. The normalized spacial score (nSPS) is 11.2. The first-order valence-electron chi connectivity index (χ1n) is 4.75. The third kappa shape index (κ3) is 2.62. The molecule has 0 spiro atoms. The lowest BCUT2D eigenvalue weighted by Gasteiger charge is -2.20. The Morgan fingerprint density at radius 1 is 1.56 bits per heavy atom. The molecule has 88 valence electrons. The van der Waals surface area contributed by atoms with Gasteiger partial charge in [-0.05, 0) is 26.0 Å². The van der Waals surface area contributed by atoms with Crippen LogP contribution in [-0.2, 0) is 4.79 Å². The molecule has 5 heteroatoms. The third-order valence-corrected chi connectivity index (χ3v) is 2.15. The second kappa shape index (κ2) is 4.38. The number of nitrogens with two attached hydrogens (primary N) is 1. The molecule has 0 saturated carbocycles. The van der Waals surface area contributed by atoms with E-state index in [-0.39, 0.29) is 18.0 Å². The lowest BCUT2D eigenvalue weighted by molar-refractivity contribution is -0.148. The van der Waals surface area contributed by atoms with Crippen molar-refractivity contribution >= 4 is 11.7 Å². The van der Waals surface area contributed by atoms with Gasteiger partial charge in [-0.3, -0.25) is 4.79 Å². The molecule has 1 aromatic rings. The van der Waals surface area contributed by atoms with E-state index in [0.717, 1.165) is 0 Å². The highest BCUT2D eigenvalue weighted by Gasteiger charge is 2.28. The molecule has 0 aliphatic rings. The number of aliphatic carboxylic acids is 1. The summed E-state index contributed by atoms with van der Waals surface area (Å²) < 4.78 is 18.4.